The molecule has 0 aromatic carbocycles. The molecule has 0 saturated carbocycles. The minimum absolute atomic E-state index is 0.598. The number of rotatable bonds is 6. The molecule has 1 fully saturated rings. The topological polar surface area (TPSA) is 15.3 Å². The second-order valence-corrected chi connectivity index (χ2v) is 6.85. The van der Waals surface area contributed by atoms with E-state index in [0.29, 0.717) is 6.04 Å². The highest BCUT2D eigenvalue weighted by atomic mass is 32.1. The largest absolute Gasteiger partial charge is 0.311 e. The van der Waals surface area contributed by atoms with Crippen molar-refractivity contribution < 1.29 is 0 Å². The van der Waals surface area contributed by atoms with Gasteiger partial charge < -0.3 is 10.2 Å². The third-order valence-electron chi connectivity index (χ3n) is 3.97. The van der Waals surface area contributed by atoms with Crippen molar-refractivity contribution in [3.63, 3.8) is 0 Å². The van der Waals surface area contributed by atoms with Gasteiger partial charge in [-0.25, -0.2) is 0 Å². The van der Waals surface area contributed by atoms with Crippen molar-refractivity contribution in [1.82, 2.24) is 10.2 Å². The molecular formula is C16H28N2S. The molecule has 1 N–H and O–H groups in total. The quantitative estimate of drug-likeness (QED) is 0.857. The fraction of sp³-hybridized carbons (Fsp3) is 0.750. The lowest BCUT2D eigenvalue weighted by atomic mass is 10.1. The molecular weight excluding hydrogens is 252 g/mol. The lowest BCUT2D eigenvalue weighted by Crippen LogP contribution is -2.38. The van der Waals surface area contributed by atoms with E-state index < -0.39 is 0 Å². The van der Waals surface area contributed by atoms with E-state index in [4.69, 9.17) is 0 Å². The van der Waals surface area contributed by atoms with Crippen molar-refractivity contribution in [3.8, 4) is 0 Å². The summed E-state index contributed by atoms with van der Waals surface area (Å²) in [6, 6.07) is 5.72. The van der Waals surface area contributed by atoms with Crippen LogP contribution in [0.2, 0.25) is 0 Å². The van der Waals surface area contributed by atoms with Gasteiger partial charge in [0, 0.05) is 17.0 Å². The zero-order chi connectivity index (χ0) is 13.5. The second-order valence-electron chi connectivity index (χ2n) is 5.82. The molecule has 2 unspecified atom stereocenters. The van der Waals surface area contributed by atoms with E-state index in [1.807, 2.05) is 11.3 Å². The molecule has 108 valence electrons. The van der Waals surface area contributed by atoms with Crippen LogP contribution in [-0.4, -0.2) is 36.6 Å². The first kappa shape index (κ1) is 15.0. The Hall–Kier alpha value is -0.380. The third-order valence-corrected chi connectivity index (χ3v) is 4.87. The maximum atomic E-state index is 3.84. The van der Waals surface area contributed by atoms with E-state index in [0.717, 1.165) is 6.04 Å². The van der Waals surface area contributed by atoms with Crippen LogP contribution in [0, 0.1) is 0 Å². The minimum atomic E-state index is 0.598. The minimum Gasteiger partial charge on any atom is -0.311 e. The van der Waals surface area contributed by atoms with Crippen LogP contribution in [0.15, 0.2) is 17.5 Å². The molecule has 1 aliphatic heterocycles. The highest BCUT2D eigenvalue weighted by molar-refractivity contribution is 7.09. The van der Waals surface area contributed by atoms with Gasteiger partial charge in [-0.05, 0) is 70.1 Å². The van der Waals surface area contributed by atoms with Crippen molar-refractivity contribution in [3.05, 3.63) is 22.4 Å². The van der Waals surface area contributed by atoms with Gasteiger partial charge in [-0.2, -0.15) is 0 Å². The smallest absolute Gasteiger partial charge is 0.00896 e. The lowest BCUT2D eigenvalue weighted by molar-refractivity contribution is 0.281. The Labute approximate surface area is 122 Å². The summed E-state index contributed by atoms with van der Waals surface area (Å²) in [6.07, 6.45) is 6.47. The van der Waals surface area contributed by atoms with Gasteiger partial charge in [-0.1, -0.05) is 13.0 Å². The van der Waals surface area contributed by atoms with Crippen LogP contribution >= 0.6 is 11.3 Å². The van der Waals surface area contributed by atoms with Gasteiger partial charge >= 0.3 is 0 Å². The average molecular weight is 280 g/mol. The number of likely N-dealkylation sites (tertiary alicyclic amines) is 1. The molecule has 2 rings (SSSR count). The average Bonchev–Trinajstić information content (AvgIpc) is 2.78. The lowest BCUT2D eigenvalue weighted by Gasteiger charge is -2.22. The summed E-state index contributed by atoms with van der Waals surface area (Å²) < 4.78 is 0. The molecule has 0 bridgehead atoms. The molecule has 0 amide bonds. The van der Waals surface area contributed by atoms with E-state index in [2.05, 4.69) is 41.6 Å². The fourth-order valence-electron chi connectivity index (χ4n) is 3.05. The van der Waals surface area contributed by atoms with Crippen LogP contribution in [0.5, 0.6) is 0 Å². The first-order valence-electron chi connectivity index (χ1n) is 7.78. The summed E-state index contributed by atoms with van der Waals surface area (Å²) >= 11 is 1.88. The molecule has 0 aliphatic carbocycles. The number of hydrogen-bond acceptors (Lipinski definition) is 3. The van der Waals surface area contributed by atoms with Gasteiger partial charge in [0.1, 0.15) is 0 Å². The van der Waals surface area contributed by atoms with Crippen molar-refractivity contribution in [2.24, 2.45) is 0 Å². The highest BCUT2D eigenvalue weighted by Gasteiger charge is 2.18. The summed E-state index contributed by atoms with van der Waals surface area (Å²) in [6.45, 7) is 8.46. The summed E-state index contributed by atoms with van der Waals surface area (Å²) in [7, 11) is 0. The molecule has 1 saturated heterocycles. The molecule has 0 radical (unpaired) electrons. The normalized spacial score (nSPS) is 23.2. The van der Waals surface area contributed by atoms with Gasteiger partial charge in [-0.3, -0.25) is 0 Å². The van der Waals surface area contributed by atoms with Crippen LogP contribution < -0.4 is 5.32 Å². The van der Waals surface area contributed by atoms with Crippen LogP contribution in [-0.2, 0) is 6.42 Å². The molecule has 1 aliphatic rings. The van der Waals surface area contributed by atoms with Crippen molar-refractivity contribution in [2.75, 3.05) is 19.6 Å². The molecule has 0 spiro atoms. The summed E-state index contributed by atoms with van der Waals surface area (Å²) in [4.78, 5) is 4.13. The molecule has 2 heterocycles. The Morgan fingerprint density at radius 2 is 2.32 bits per heavy atom. The molecule has 19 heavy (non-hydrogen) atoms. The monoisotopic (exact) mass is 280 g/mol. The first-order chi connectivity index (χ1) is 9.28. The maximum Gasteiger partial charge on any atom is 0.00896 e. The van der Waals surface area contributed by atoms with Crippen molar-refractivity contribution >= 4 is 11.3 Å². The predicted molar refractivity (Wildman–Crippen MR) is 85.0 cm³/mol. The Morgan fingerprint density at radius 1 is 1.42 bits per heavy atom. The van der Waals surface area contributed by atoms with E-state index >= 15 is 0 Å². The number of nitrogens with one attached hydrogen (secondary N) is 1. The van der Waals surface area contributed by atoms with Crippen LogP contribution in [0.25, 0.3) is 0 Å². The second kappa shape index (κ2) is 8.03. The Bertz CT molecular complexity index is 337. The standard InChI is InChI=1S/C16H28N2S/c1-3-9-18-10-4-6-15(8-11-18)17-14(2)13-16-7-5-12-19-16/h5,7,12,14-15,17H,3-4,6,8-11,13H2,1-2H3. The Kier molecular flexibility index (Phi) is 6.35. The third kappa shape index (κ3) is 5.25. The van der Waals surface area contributed by atoms with E-state index in [1.54, 1.807) is 0 Å². The van der Waals surface area contributed by atoms with Crippen LogP contribution in [0.4, 0.5) is 0 Å². The van der Waals surface area contributed by atoms with E-state index in [-0.39, 0.29) is 0 Å². The molecule has 1 aromatic rings. The van der Waals surface area contributed by atoms with Gasteiger partial charge in [0.2, 0.25) is 0 Å². The Balaban J connectivity index is 1.73. The molecule has 1 aromatic heterocycles. The molecule has 3 heteroatoms. The predicted octanol–water partition coefficient (Wildman–Crippen LogP) is 3.53. The number of thiophene rings is 1. The summed E-state index contributed by atoms with van der Waals surface area (Å²) in [5.74, 6) is 0. The van der Waals surface area contributed by atoms with E-state index in [9.17, 15) is 0 Å². The van der Waals surface area contributed by atoms with Gasteiger partial charge in [0.05, 0.1) is 0 Å². The zero-order valence-electron chi connectivity index (χ0n) is 12.4. The SMILES string of the molecule is CCCN1CCCC(NC(C)Cc2cccs2)CC1. The van der Waals surface area contributed by atoms with E-state index in [1.165, 1.54) is 56.6 Å². The molecule has 2 nitrogen and oxygen atoms in total. The number of hydrogen-bond donors (Lipinski definition) is 1. The fourth-order valence-corrected chi connectivity index (χ4v) is 3.89. The summed E-state index contributed by atoms with van der Waals surface area (Å²) in [5.41, 5.74) is 0. The van der Waals surface area contributed by atoms with Gasteiger partial charge in [-0.15, -0.1) is 11.3 Å². The molecule has 2 atom stereocenters. The highest BCUT2D eigenvalue weighted by Crippen LogP contribution is 2.15. The van der Waals surface area contributed by atoms with Crippen LogP contribution in [0.1, 0.15) is 44.4 Å². The Morgan fingerprint density at radius 3 is 3.05 bits per heavy atom. The summed E-state index contributed by atoms with van der Waals surface area (Å²) in [5, 5.41) is 6.02. The van der Waals surface area contributed by atoms with Gasteiger partial charge in [0.25, 0.3) is 0 Å². The van der Waals surface area contributed by atoms with Gasteiger partial charge in [0.15, 0.2) is 0 Å². The van der Waals surface area contributed by atoms with Crippen molar-refractivity contribution in [2.45, 2.75) is 58.0 Å². The number of nitrogens with zero attached hydrogens (tertiary/aromatic N) is 1. The van der Waals surface area contributed by atoms with Crippen LogP contribution in [0.3, 0.4) is 0 Å². The first-order valence-corrected chi connectivity index (χ1v) is 8.66. The maximum absolute atomic E-state index is 3.84. The van der Waals surface area contributed by atoms with Crippen molar-refractivity contribution in [1.29, 1.82) is 0 Å². The zero-order valence-corrected chi connectivity index (χ0v) is 13.2.